The molecule has 1 aliphatic heterocycles. The number of nitrogen functional groups attached to an aromatic ring is 1. The van der Waals surface area contributed by atoms with Crippen LogP contribution in [0.1, 0.15) is 19.1 Å². The van der Waals surface area contributed by atoms with Gasteiger partial charge < -0.3 is 15.6 Å². The van der Waals surface area contributed by atoms with Crippen molar-refractivity contribution in [3.8, 4) is 0 Å². The molecular formula is C10H15F2N3O3. The van der Waals surface area contributed by atoms with Crippen LogP contribution in [0.2, 0.25) is 0 Å². The Kier molecular flexibility index (Phi) is 5.66. The van der Waals surface area contributed by atoms with Crippen molar-refractivity contribution < 1.29 is 18.6 Å². The number of alkyl halides is 2. The summed E-state index contributed by atoms with van der Waals surface area (Å²) in [6.45, 7) is -1.77. The highest BCUT2D eigenvalue weighted by atomic mass is 19.3. The second-order valence-electron chi connectivity index (χ2n) is 3.62. The van der Waals surface area contributed by atoms with Gasteiger partial charge in [-0.1, -0.05) is 0 Å². The largest absolute Gasteiger partial charge is 0.394 e. The van der Waals surface area contributed by atoms with Crippen molar-refractivity contribution in [2.75, 3.05) is 19.3 Å². The highest BCUT2D eigenvalue weighted by molar-refractivity contribution is 5.23. The highest BCUT2D eigenvalue weighted by Crippen LogP contribution is 2.26. The Morgan fingerprint density at radius 1 is 1.56 bits per heavy atom. The lowest BCUT2D eigenvalue weighted by molar-refractivity contribution is -0.0245. The number of halogens is 2. The molecule has 1 saturated heterocycles. The van der Waals surface area contributed by atoms with Crippen molar-refractivity contribution in [3.05, 3.63) is 22.7 Å². The van der Waals surface area contributed by atoms with Crippen LogP contribution >= 0.6 is 0 Å². The van der Waals surface area contributed by atoms with Crippen LogP contribution in [0, 0.1) is 0 Å². The molecule has 0 radical (unpaired) electrons. The Labute approximate surface area is 102 Å². The summed E-state index contributed by atoms with van der Waals surface area (Å²) in [6, 6.07) is 1.55. The molecule has 2 unspecified atom stereocenters. The maximum absolute atomic E-state index is 11.5. The third kappa shape index (κ3) is 3.74. The monoisotopic (exact) mass is 263 g/mol. The first kappa shape index (κ1) is 14.5. The van der Waals surface area contributed by atoms with Crippen molar-refractivity contribution in [1.29, 1.82) is 0 Å². The Balaban J connectivity index is 0.000000492. The molecule has 0 saturated carbocycles. The summed E-state index contributed by atoms with van der Waals surface area (Å²) in [5, 5.41) is 8.90. The average molecular weight is 263 g/mol. The van der Waals surface area contributed by atoms with Gasteiger partial charge in [0.15, 0.2) is 0 Å². The molecule has 2 heterocycles. The maximum Gasteiger partial charge on any atom is 0.351 e. The predicted molar refractivity (Wildman–Crippen MR) is 60.2 cm³/mol. The number of hydrogen-bond donors (Lipinski definition) is 2. The molecule has 2 rings (SSSR count). The number of aliphatic hydroxyl groups is 1. The number of nitrogens with two attached hydrogens (primary N) is 1. The third-order valence-electron chi connectivity index (χ3n) is 2.45. The zero-order chi connectivity index (χ0) is 13.5. The van der Waals surface area contributed by atoms with Gasteiger partial charge in [-0.15, -0.1) is 0 Å². The lowest BCUT2D eigenvalue weighted by Gasteiger charge is -2.14. The standard InChI is InChI=1S/C9H13N3O3.CH2F2/c10-7-3-4-12(9(14)11-7)8-2-1-6(5-13)15-8;2-1-3/h3-4,6,8,13H,1-2,5H2,(H2,10,11,14);1H2. The summed E-state index contributed by atoms with van der Waals surface area (Å²) in [5.41, 5.74) is 4.96. The van der Waals surface area contributed by atoms with Gasteiger partial charge in [-0.2, -0.15) is 4.98 Å². The third-order valence-corrected chi connectivity index (χ3v) is 2.45. The molecule has 1 aromatic heterocycles. The average Bonchev–Trinajstić information content (AvgIpc) is 2.78. The highest BCUT2D eigenvalue weighted by Gasteiger charge is 2.26. The van der Waals surface area contributed by atoms with Crippen LogP contribution in [0.25, 0.3) is 0 Å². The van der Waals surface area contributed by atoms with Gasteiger partial charge in [-0.25, -0.2) is 13.6 Å². The number of nitrogens with zero attached hydrogens (tertiary/aromatic N) is 2. The minimum Gasteiger partial charge on any atom is -0.394 e. The van der Waals surface area contributed by atoms with Gasteiger partial charge in [0.25, 0.3) is 0 Å². The molecule has 0 aromatic carbocycles. The predicted octanol–water partition coefficient (Wildman–Crippen LogP) is 0.378. The fraction of sp³-hybridized carbons (Fsp3) is 0.600. The summed E-state index contributed by atoms with van der Waals surface area (Å²) in [7, 11) is 0. The molecule has 8 heteroatoms. The van der Waals surface area contributed by atoms with E-state index in [0.717, 1.165) is 6.42 Å². The molecule has 6 nitrogen and oxygen atoms in total. The number of ether oxygens (including phenoxy) is 1. The topological polar surface area (TPSA) is 90.4 Å². The van der Waals surface area contributed by atoms with Gasteiger partial charge >= 0.3 is 5.69 Å². The van der Waals surface area contributed by atoms with Gasteiger partial charge in [0.2, 0.25) is 6.93 Å². The van der Waals surface area contributed by atoms with E-state index in [9.17, 15) is 13.6 Å². The summed E-state index contributed by atoms with van der Waals surface area (Å²) >= 11 is 0. The fourth-order valence-electron chi connectivity index (χ4n) is 1.67. The van der Waals surface area contributed by atoms with E-state index in [1.165, 1.54) is 4.57 Å². The molecular weight excluding hydrogens is 248 g/mol. The minimum atomic E-state index is -1.75. The van der Waals surface area contributed by atoms with Crippen LogP contribution in [-0.4, -0.2) is 34.3 Å². The van der Waals surface area contributed by atoms with E-state index in [1.54, 1.807) is 12.3 Å². The van der Waals surface area contributed by atoms with Gasteiger partial charge in [0.1, 0.15) is 12.0 Å². The van der Waals surface area contributed by atoms with Crippen molar-refractivity contribution in [1.82, 2.24) is 9.55 Å². The van der Waals surface area contributed by atoms with E-state index < -0.39 is 12.6 Å². The Morgan fingerprint density at radius 2 is 2.22 bits per heavy atom. The molecule has 1 fully saturated rings. The van der Waals surface area contributed by atoms with Gasteiger partial charge in [-0.05, 0) is 18.9 Å². The Bertz CT molecular complexity index is 427. The van der Waals surface area contributed by atoms with Crippen LogP contribution in [0.3, 0.4) is 0 Å². The second kappa shape index (κ2) is 7.02. The molecule has 0 spiro atoms. The van der Waals surface area contributed by atoms with E-state index in [0.29, 0.717) is 6.42 Å². The number of rotatable bonds is 2. The summed E-state index contributed by atoms with van der Waals surface area (Å²) in [5.74, 6) is 0.202. The molecule has 1 aromatic rings. The maximum atomic E-state index is 11.5. The molecule has 2 atom stereocenters. The van der Waals surface area contributed by atoms with E-state index in [2.05, 4.69) is 4.98 Å². The number of aliphatic hydroxyl groups excluding tert-OH is 1. The first-order valence-electron chi connectivity index (χ1n) is 5.35. The first-order chi connectivity index (χ1) is 8.62. The van der Waals surface area contributed by atoms with E-state index in [-0.39, 0.29) is 24.8 Å². The van der Waals surface area contributed by atoms with Crippen molar-refractivity contribution in [2.24, 2.45) is 0 Å². The number of anilines is 1. The van der Waals surface area contributed by atoms with Crippen LogP contribution in [0.5, 0.6) is 0 Å². The zero-order valence-corrected chi connectivity index (χ0v) is 9.63. The van der Waals surface area contributed by atoms with Crippen molar-refractivity contribution in [2.45, 2.75) is 25.2 Å². The second-order valence-corrected chi connectivity index (χ2v) is 3.62. The summed E-state index contributed by atoms with van der Waals surface area (Å²) < 4.78 is 26.1. The molecule has 1 aliphatic rings. The molecule has 0 bridgehead atoms. The van der Waals surface area contributed by atoms with Gasteiger partial charge in [0, 0.05) is 6.20 Å². The molecule has 3 N–H and O–H groups in total. The van der Waals surface area contributed by atoms with Crippen LogP contribution in [0.4, 0.5) is 14.6 Å². The van der Waals surface area contributed by atoms with Gasteiger partial charge in [0.05, 0.1) is 12.7 Å². The van der Waals surface area contributed by atoms with Crippen molar-refractivity contribution >= 4 is 5.82 Å². The normalized spacial score (nSPS) is 22.4. The number of hydrogen-bond acceptors (Lipinski definition) is 5. The summed E-state index contributed by atoms with van der Waals surface area (Å²) in [4.78, 5) is 15.1. The van der Waals surface area contributed by atoms with Crippen LogP contribution < -0.4 is 11.4 Å². The smallest absolute Gasteiger partial charge is 0.351 e. The quantitative estimate of drug-likeness (QED) is 0.805. The Hall–Kier alpha value is -1.54. The van der Waals surface area contributed by atoms with Crippen LogP contribution in [-0.2, 0) is 4.74 Å². The summed E-state index contributed by atoms with van der Waals surface area (Å²) in [6.07, 6.45) is 2.51. The lowest BCUT2D eigenvalue weighted by atomic mass is 10.2. The van der Waals surface area contributed by atoms with E-state index in [4.69, 9.17) is 15.6 Å². The molecule has 0 amide bonds. The van der Waals surface area contributed by atoms with Crippen LogP contribution in [0.15, 0.2) is 17.1 Å². The fourth-order valence-corrected chi connectivity index (χ4v) is 1.67. The zero-order valence-electron chi connectivity index (χ0n) is 9.63. The van der Waals surface area contributed by atoms with E-state index in [1.807, 2.05) is 0 Å². The molecule has 18 heavy (non-hydrogen) atoms. The molecule has 102 valence electrons. The molecule has 0 aliphatic carbocycles. The van der Waals surface area contributed by atoms with E-state index >= 15 is 0 Å². The van der Waals surface area contributed by atoms with Gasteiger partial charge in [-0.3, -0.25) is 4.57 Å². The Morgan fingerprint density at radius 3 is 2.72 bits per heavy atom. The lowest BCUT2D eigenvalue weighted by Crippen LogP contribution is -2.27. The first-order valence-corrected chi connectivity index (χ1v) is 5.35. The van der Waals surface area contributed by atoms with Crippen molar-refractivity contribution in [3.63, 3.8) is 0 Å². The minimum absolute atomic E-state index is 0.0202. The number of aromatic nitrogens is 2. The SMILES string of the molecule is FCF.Nc1ccn(C2CCC(CO)O2)c(=O)n1.